The summed E-state index contributed by atoms with van der Waals surface area (Å²) in [5.74, 6) is 0.910. The van der Waals surface area contributed by atoms with Crippen molar-refractivity contribution in [3.63, 3.8) is 0 Å². The number of methoxy groups -OCH3 is 2. The lowest BCUT2D eigenvalue weighted by Crippen LogP contribution is -2.51. The van der Waals surface area contributed by atoms with E-state index in [0.29, 0.717) is 27.3 Å². The third-order valence-electron chi connectivity index (χ3n) is 4.78. The second-order valence-corrected chi connectivity index (χ2v) is 9.51. The molecular formula is C20H22Cl2N2O6S. The molecule has 8 nitrogen and oxygen atoms in total. The number of halogens is 2. The van der Waals surface area contributed by atoms with Crippen LogP contribution in [0.3, 0.4) is 0 Å². The minimum absolute atomic E-state index is 0.103. The van der Waals surface area contributed by atoms with Crippen LogP contribution in [0.1, 0.15) is 0 Å². The molecule has 2 aromatic carbocycles. The molecule has 2 aromatic rings. The molecule has 11 heteroatoms. The molecule has 0 unspecified atom stereocenters. The Hall–Kier alpha value is -2.20. The first kappa shape index (κ1) is 23.5. The number of hydrogen-bond acceptors (Lipinski definition) is 6. The first-order valence-electron chi connectivity index (χ1n) is 9.33. The van der Waals surface area contributed by atoms with E-state index in [9.17, 15) is 13.2 Å². The van der Waals surface area contributed by atoms with E-state index in [1.54, 1.807) is 29.2 Å². The van der Waals surface area contributed by atoms with Gasteiger partial charge < -0.3 is 19.1 Å². The maximum atomic E-state index is 13.0. The van der Waals surface area contributed by atoms with Crippen LogP contribution in [-0.2, 0) is 14.8 Å². The van der Waals surface area contributed by atoms with E-state index in [-0.39, 0.29) is 43.6 Å². The van der Waals surface area contributed by atoms with Crippen molar-refractivity contribution in [2.45, 2.75) is 4.90 Å². The van der Waals surface area contributed by atoms with Gasteiger partial charge in [0.2, 0.25) is 10.0 Å². The van der Waals surface area contributed by atoms with Crippen LogP contribution in [0.4, 0.5) is 0 Å². The quantitative estimate of drug-likeness (QED) is 0.595. The highest BCUT2D eigenvalue weighted by Gasteiger charge is 2.31. The highest BCUT2D eigenvalue weighted by atomic mass is 35.5. The van der Waals surface area contributed by atoms with Crippen LogP contribution in [0, 0.1) is 0 Å². The standard InChI is InChI=1S/C20H22Cl2N2O6S/c1-28-18-4-3-17(12-19(18)29-2)31(26,27)24-7-5-23(6-8-24)20(25)13-30-16-10-14(21)9-15(22)11-16/h3-4,9-12H,5-8,13H2,1-2H3. The van der Waals surface area contributed by atoms with Crippen molar-refractivity contribution in [2.75, 3.05) is 47.0 Å². The van der Waals surface area contributed by atoms with Crippen molar-refractivity contribution in [1.29, 1.82) is 0 Å². The molecule has 1 aliphatic rings. The smallest absolute Gasteiger partial charge is 0.260 e. The van der Waals surface area contributed by atoms with Gasteiger partial charge in [-0.25, -0.2) is 8.42 Å². The number of carbonyl (C=O) groups excluding carboxylic acids is 1. The summed E-state index contributed by atoms with van der Waals surface area (Å²) < 4.78 is 43.1. The Balaban J connectivity index is 1.60. The number of nitrogens with zero attached hydrogens (tertiary/aromatic N) is 2. The Bertz CT molecular complexity index is 1040. The summed E-state index contributed by atoms with van der Waals surface area (Å²) in [6, 6.07) is 9.14. The van der Waals surface area contributed by atoms with Gasteiger partial charge in [-0.15, -0.1) is 0 Å². The molecule has 0 saturated carbocycles. The Labute approximate surface area is 191 Å². The fraction of sp³-hybridized carbons (Fsp3) is 0.350. The van der Waals surface area contributed by atoms with Gasteiger partial charge in [0.1, 0.15) is 5.75 Å². The van der Waals surface area contributed by atoms with E-state index in [2.05, 4.69) is 0 Å². The predicted octanol–water partition coefficient (Wildman–Crippen LogP) is 2.92. The van der Waals surface area contributed by atoms with Crippen LogP contribution in [0.25, 0.3) is 0 Å². The van der Waals surface area contributed by atoms with Gasteiger partial charge in [0.15, 0.2) is 18.1 Å². The second-order valence-electron chi connectivity index (χ2n) is 6.70. The average molecular weight is 489 g/mol. The monoisotopic (exact) mass is 488 g/mol. The summed E-state index contributed by atoms with van der Waals surface area (Å²) >= 11 is 11.8. The number of ether oxygens (including phenoxy) is 3. The van der Waals surface area contributed by atoms with Crippen LogP contribution < -0.4 is 14.2 Å². The van der Waals surface area contributed by atoms with Crippen LogP contribution in [0.5, 0.6) is 17.2 Å². The molecule has 168 valence electrons. The first-order chi connectivity index (χ1) is 14.7. The molecule has 0 atom stereocenters. The number of amides is 1. The zero-order valence-electron chi connectivity index (χ0n) is 17.0. The largest absolute Gasteiger partial charge is 0.493 e. The highest BCUT2D eigenvalue weighted by Crippen LogP contribution is 2.31. The lowest BCUT2D eigenvalue weighted by molar-refractivity contribution is -0.134. The molecule has 0 bridgehead atoms. The van der Waals surface area contributed by atoms with Crippen molar-refractivity contribution in [3.8, 4) is 17.2 Å². The van der Waals surface area contributed by atoms with Crippen LogP contribution in [-0.4, -0.2) is 70.5 Å². The van der Waals surface area contributed by atoms with Gasteiger partial charge in [0.05, 0.1) is 19.1 Å². The number of piperazine rings is 1. The molecule has 0 aliphatic carbocycles. The summed E-state index contributed by atoms with van der Waals surface area (Å²) in [5.41, 5.74) is 0. The number of rotatable bonds is 7. The zero-order chi connectivity index (χ0) is 22.6. The van der Waals surface area contributed by atoms with Gasteiger partial charge in [-0.1, -0.05) is 23.2 Å². The fourth-order valence-corrected chi connectivity index (χ4v) is 5.10. The Kier molecular flexibility index (Phi) is 7.53. The molecule has 0 N–H and O–H groups in total. The summed E-state index contributed by atoms with van der Waals surface area (Å²) in [7, 11) is -0.813. The number of sulfonamides is 1. The van der Waals surface area contributed by atoms with Crippen molar-refractivity contribution in [2.24, 2.45) is 0 Å². The third-order valence-corrected chi connectivity index (χ3v) is 7.11. The molecular weight excluding hydrogens is 467 g/mol. The van der Waals surface area contributed by atoms with Gasteiger partial charge in [0, 0.05) is 42.3 Å². The Morgan fingerprint density at radius 1 is 0.935 bits per heavy atom. The van der Waals surface area contributed by atoms with Crippen molar-refractivity contribution >= 4 is 39.1 Å². The van der Waals surface area contributed by atoms with E-state index in [0.717, 1.165) is 0 Å². The van der Waals surface area contributed by atoms with E-state index in [1.807, 2.05) is 0 Å². The van der Waals surface area contributed by atoms with E-state index in [4.69, 9.17) is 37.4 Å². The Morgan fingerprint density at radius 2 is 1.55 bits per heavy atom. The molecule has 0 aromatic heterocycles. The van der Waals surface area contributed by atoms with Crippen molar-refractivity contribution in [1.82, 2.24) is 9.21 Å². The Morgan fingerprint density at radius 3 is 2.13 bits per heavy atom. The number of carbonyl (C=O) groups is 1. The summed E-state index contributed by atoms with van der Waals surface area (Å²) in [6.07, 6.45) is 0. The van der Waals surface area contributed by atoms with Crippen molar-refractivity contribution < 1.29 is 27.4 Å². The SMILES string of the molecule is COc1ccc(S(=O)(=O)N2CCN(C(=O)COc3cc(Cl)cc(Cl)c3)CC2)cc1OC. The van der Waals surface area contributed by atoms with Gasteiger partial charge in [-0.3, -0.25) is 4.79 Å². The van der Waals surface area contributed by atoms with Gasteiger partial charge in [-0.2, -0.15) is 4.31 Å². The minimum Gasteiger partial charge on any atom is -0.493 e. The van der Waals surface area contributed by atoms with Gasteiger partial charge in [0.25, 0.3) is 5.91 Å². The summed E-state index contributed by atoms with van der Waals surface area (Å²) in [6.45, 7) is 0.659. The molecule has 3 rings (SSSR count). The molecule has 0 spiro atoms. The molecule has 1 saturated heterocycles. The average Bonchev–Trinajstić information content (AvgIpc) is 2.76. The van der Waals surface area contributed by atoms with Crippen LogP contribution in [0.15, 0.2) is 41.3 Å². The number of benzene rings is 2. The topological polar surface area (TPSA) is 85.4 Å². The molecule has 1 amide bonds. The van der Waals surface area contributed by atoms with Gasteiger partial charge >= 0.3 is 0 Å². The van der Waals surface area contributed by atoms with Crippen LogP contribution in [0.2, 0.25) is 10.0 Å². The van der Waals surface area contributed by atoms with E-state index >= 15 is 0 Å². The maximum Gasteiger partial charge on any atom is 0.260 e. The van der Waals surface area contributed by atoms with E-state index < -0.39 is 10.0 Å². The van der Waals surface area contributed by atoms with Crippen molar-refractivity contribution in [3.05, 3.63) is 46.4 Å². The highest BCUT2D eigenvalue weighted by molar-refractivity contribution is 7.89. The molecule has 1 aliphatic heterocycles. The minimum atomic E-state index is -3.73. The molecule has 1 fully saturated rings. The van der Waals surface area contributed by atoms with Gasteiger partial charge in [-0.05, 0) is 30.3 Å². The lowest BCUT2D eigenvalue weighted by Gasteiger charge is -2.34. The first-order valence-corrected chi connectivity index (χ1v) is 11.5. The molecule has 31 heavy (non-hydrogen) atoms. The predicted molar refractivity (Wildman–Crippen MR) is 117 cm³/mol. The maximum absolute atomic E-state index is 13.0. The lowest BCUT2D eigenvalue weighted by atomic mass is 10.3. The molecule has 0 radical (unpaired) electrons. The third kappa shape index (κ3) is 5.54. The molecule has 1 heterocycles. The second kappa shape index (κ2) is 9.95. The van der Waals surface area contributed by atoms with E-state index in [1.165, 1.54) is 30.7 Å². The summed E-state index contributed by atoms with van der Waals surface area (Å²) in [4.78, 5) is 14.1. The fourth-order valence-electron chi connectivity index (χ4n) is 3.15. The number of hydrogen-bond donors (Lipinski definition) is 0. The van der Waals surface area contributed by atoms with Crippen LogP contribution >= 0.6 is 23.2 Å². The zero-order valence-corrected chi connectivity index (χ0v) is 19.3. The normalized spacial score (nSPS) is 14.9. The summed E-state index contributed by atoms with van der Waals surface area (Å²) in [5, 5.41) is 0.813.